The molecule has 2 fully saturated rings. The first kappa shape index (κ1) is 48.2. The SMILES string of the molecule is CC(C)(C)c1cc(-c2cccc3[cH-]c([Si](c4cc5c(-c6cc(C(C)(C)C)cc(C(C)(C)C)c6)cccc5[cH-]4)(C4CCCC4)C4CCCC4)cc23)cc(C(C)(C)C)c1.[CH3-].[CH3-].[Hf+4]. The van der Waals surface area contributed by atoms with Gasteiger partial charge in [0.2, 0.25) is 0 Å². The fraction of sp³-hybridized carbons (Fsp3) is 0.448. The van der Waals surface area contributed by atoms with Gasteiger partial charge >= 0.3 is 25.8 Å². The van der Waals surface area contributed by atoms with E-state index in [1.165, 1.54) is 117 Å². The average Bonchev–Trinajstić information content (AvgIpc) is 3.98. The van der Waals surface area contributed by atoms with Gasteiger partial charge in [-0.2, -0.15) is 12.1 Å². The van der Waals surface area contributed by atoms with E-state index in [1.807, 2.05) is 0 Å². The van der Waals surface area contributed by atoms with Gasteiger partial charge in [-0.1, -0.05) is 194 Å². The van der Waals surface area contributed by atoms with Crippen molar-refractivity contribution in [1.82, 2.24) is 0 Å². The van der Waals surface area contributed by atoms with Crippen LogP contribution in [0.1, 0.15) is 157 Å². The van der Waals surface area contributed by atoms with Crippen LogP contribution in [-0.4, -0.2) is 8.07 Å². The summed E-state index contributed by atoms with van der Waals surface area (Å²) in [5, 5.41) is 9.20. The molecule has 2 aliphatic carbocycles. The molecule has 60 heavy (non-hydrogen) atoms. The largest absolute Gasteiger partial charge is 4.00 e. The van der Waals surface area contributed by atoms with Gasteiger partial charge in [0.1, 0.15) is 0 Å². The van der Waals surface area contributed by atoms with E-state index in [2.05, 4.69) is 180 Å². The zero-order chi connectivity index (χ0) is 40.7. The summed E-state index contributed by atoms with van der Waals surface area (Å²) in [6, 6.07) is 40.2. The molecule has 2 heteroatoms. The van der Waals surface area contributed by atoms with E-state index in [4.69, 9.17) is 0 Å². The van der Waals surface area contributed by atoms with Crippen LogP contribution in [0.15, 0.2) is 97.1 Å². The molecule has 6 aromatic rings. The van der Waals surface area contributed by atoms with Crippen LogP contribution in [0.5, 0.6) is 0 Å². The Hall–Kier alpha value is -2.81. The van der Waals surface area contributed by atoms with E-state index in [0.29, 0.717) is 0 Å². The Morgan fingerprint density at radius 3 is 1.02 bits per heavy atom. The third kappa shape index (κ3) is 8.87. The topological polar surface area (TPSA) is 0 Å². The second-order valence-electron chi connectivity index (χ2n) is 22.5. The molecule has 0 aromatic heterocycles. The summed E-state index contributed by atoms with van der Waals surface area (Å²) >= 11 is 0. The Morgan fingerprint density at radius 1 is 0.433 bits per heavy atom. The average molecular weight is 980 g/mol. The van der Waals surface area contributed by atoms with Gasteiger partial charge in [-0.05, 0) is 66.1 Å². The quantitative estimate of drug-likeness (QED) is 0.115. The molecule has 0 unspecified atom stereocenters. The Morgan fingerprint density at radius 2 is 0.733 bits per heavy atom. The van der Waals surface area contributed by atoms with Crippen LogP contribution in [0.3, 0.4) is 0 Å². The second-order valence-corrected chi connectivity index (χ2v) is 27.1. The number of hydrogen-bond acceptors (Lipinski definition) is 0. The van der Waals surface area contributed by atoms with Crippen molar-refractivity contribution in [3.63, 3.8) is 0 Å². The molecule has 6 aromatic carbocycles. The number of benzene rings is 4. The van der Waals surface area contributed by atoms with Crippen molar-refractivity contribution in [1.29, 1.82) is 0 Å². The number of fused-ring (bicyclic) bond motifs is 2. The van der Waals surface area contributed by atoms with E-state index in [0.717, 1.165) is 11.1 Å². The zero-order valence-electron chi connectivity index (χ0n) is 40.0. The van der Waals surface area contributed by atoms with Crippen LogP contribution < -0.4 is 10.4 Å². The fourth-order valence-corrected chi connectivity index (χ4v) is 18.0. The first-order chi connectivity index (χ1) is 26.7. The van der Waals surface area contributed by atoms with Crippen molar-refractivity contribution >= 4 is 40.0 Å². The van der Waals surface area contributed by atoms with Crippen molar-refractivity contribution < 1.29 is 25.8 Å². The van der Waals surface area contributed by atoms with E-state index in [1.54, 1.807) is 10.4 Å². The molecule has 0 atom stereocenters. The Bertz CT molecular complexity index is 2170. The molecule has 0 saturated heterocycles. The van der Waals surface area contributed by atoms with Gasteiger partial charge in [-0.15, -0.1) is 68.3 Å². The molecule has 0 spiro atoms. The third-order valence-corrected chi connectivity index (χ3v) is 20.6. The van der Waals surface area contributed by atoms with Gasteiger partial charge in [-0.3, -0.25) is 0 Å². The fourth-order valence-electron chi connectivity index (χ4n) is 11.0. The number of hydrogen-bond donors (Lipinski definition) is 0. The minimum Gasteiger partial charge on any atom is -0.358 e. The minimum atomic E-state index is -2.26. The maximum atomic E-state index is 2.75. The molecule has 2 aliphatic rings. The summed E-state index contributed by atoms with van der Waals surface area (Å²) in [5.74, 6) is 0. The zero-order valence-corrected chi connectivity index (χ0v) is 44.6. The standard InChI is InChI=1S/C56H70Si.2CH3.Hf/c1-53(2,3)41-27-39(28-42(33-41)54(4,5)6)49-25-17-19-37-31-47(35-51(37)49)57(45-21-13-14-22-45,46-23-15-16-24-46)48-32-38-20-18-26-50(52(38)36-48)40-29-43(55(7,8)9)34-44(30-40)56(10,11)12;;;/h17-20,25-36,45-46H,13-16,21-24H2,1-12H3;2*1H3;/q-2;2*-1;+4. The normalized spacial score (nSPS) is 15.9. The summed E-state index contributed by atoms with van der Waals surface area (Å²) < 4.78 is 0. The van der Waals surface area contributed by atoms with Crippen molar-refractivity contribution in [2.75, 3.05) is 0 Å². The third-order valence-electron chi connectivity index (χ3n) is 14.4. The Kier molecular flexibility index (Phi) is 14.0. The molecule has 0 amide bonds. The van der Waals surface area contributed by atoms with Crippen LogP contribution in [0.4, 0.5) is 0 Å². The van der Waals surface area contributed by atoms with Crippen LogP contribution in [-0.2, 0) is 47.5 Å². The molecule has 0 nitrogen and oxygen atoms in total. The minimum absolute atomic E-state index is 0. The van der Waals surface area contributed by atoms with Gasteiger partial charge in [-0.25, -0.2) is 0 Å². The van der Waals surface area contributed by atoms with E-state index >= 15 is 0 Å². The van der Waals surface area contributed by atoms with E-state index < -0.39 is 8.07 Å². The molecular formula is C58H76HfSi. The maximum Gasteiger partial charge on any atom is 4.00 e. The van der Waals surface area contributed by atoms with Crippen molar-refractivity contribution in [3.8, 4) is 22.3 Å². The van der Waals surface area contributed by atoms with Crippen LogP contribution >= 0.6 is 0 Å². The maximum absolute atomic E-state index is 2.75. The van der Waals surface area contributed by atoms with Gasteiger partial charge in [0, 0.05) is 0 Å². The molecule has 316 valence electrons. The first-order valence-electron chi connectivity index (χ1n) is 22.5. The second kappa shape index (κ2) is 17.4. The van der Waals surface area contributed by atoms with Crippen LogP contribution in [0.2, 0.25) is 11.1 Å². The predicted octanol–water partition coefficient (Wildman–Crippen LogP) is 16.3. The van der Waals surface area contributed by atoms with Crippen molar-refractivity contribution in [2.24, 2.45) is 0 Å². The van der Waals surface area contributed by atoms with Gasteiger partial charge in [0.25, 0.3) is 0 Å². The molecule has 2 saturated carbocycles. The molecule has 0 aliphatic heterocycles. The van der Waals surface area contributed by atoms with E-state index in [9.17, 15) is 0 Å². The van der Waals surface area contributed by atoms with Gasteiger partial charge < -0.3 is 14.9 Å². The molecular weight excluding hydrogens is 903 g/mol. The smallest absolute Gasteiger partial charge is 0.358 e. The first-order valence-corrected chi connectivity index (χ1v) is 24.6. The Labute approximate surface area is 386 Å². The molecule has 8 rings (SSSR count). The van der Waals surface area contributed by atoms with Crippen LogP contribution in [0, 0.1) is 14.9 Å². The van der Waals surface area contributed by atoms with Gasteiger partial charge in [0.05, 0.1) is 8.07 Å². The summed E-state index contributed by atoms with van der Waals surface area (Å²) in [6.07, 6.45) is 11.1. The molecule has 0 N–H and O–H groups in total. The Balaban J connectivity index is 0.00000228. The molecule has 0 heterocycles. The van der Waals surface area contributed by atoms with Crippen molar-refractivity contribution in [2.45, 2.75) is 167 Å². The summed E-state index contributed by atoms with van der Waals surface area (Å²) in [4.78, 5) is 0. The summed E-state index contributed by atoms with van der Waals surface area (Å²) in [7, 11) is -2.26. The summed E-state index contributed by atoms with van der Waals surface area (Å²) in [6.45, 7) is 28.4. The van der Waals surface area contributed by atoms with Crippen LogP contribution in [0.25, 0.3) is 43.8 Å². The number of rotatable bonds is 6. The van der Waals surface area contributed by atoms with Gasteiger partial charge in [0.15, 0.2) is 0 Å². The molecule has 0 bridgehead atoms. The van der Waals surface area contributed by atoms with E-state index in [-0.39, 0.29) is 62.4 Å². The predicted molar refractivity (Wildman–Crippen MR) is 267 cm³/mol. The summed E-state index contributed by atoms with van der Waals surface area (Å²) in [5.41, 5.74) is 13.1. The van der Waals surface area contributed by atoms with Crippen molar-refractivity contribution in [3.05, 3.63) is 134 Å². The monoisotopic (exact) mass is 981 g/mol. The molecule has 0 radical (unpaired) electrons.